The van der Waals surface area contributed by atoms with Gasteiger partial charge in [-0.05, 0) is 37.4 Å². The van der Waals surface area contributed by atoms with Crippen molar-refractivity contribution in [2.24, 2.45) is 0 Å². The number of terminal acetylenes is 1. The third-order valence-corrected chi connectivity index (χ3v) is 5.83. The van der Waals surface area contributed by atoms with Crippen molar-refractivity contribution < 1.29 is 4.79 Å². The molecule has 0 unspecified atom stereocenters. The van der Waals surface area contributed by atoms with Crippen LogP contribution in [0.25, 0.3) is 11.0 Å². The highest BCUT2D eigenvalue weighted by atomic mass is 16.2. The fraction of sp³-hybridized carbons (Fsp3) is 0.304. The molecule has 2 N–H and O–H groups in total. The fourth-order valence-corrected chi connectivity index (χ4v) is 3.95. The highest BCUT2D eigenvalue weighted by Gasteiger charge is 2.23. The quantitative estimate of drug-likeness (QED) is 0.615. The fourth-order valence-electron chi connectivity index (χ4n) is 3.95. The zero-order chi connectivity index (χ0) is 22.1. The van der Waals surface area contributed by atoms with Gasteiger partial charge in [0.2, 0.25) is 5.95 Å². The molecule has 2 aliphatic heterocycles. The number of benzene rings is 1. The average Bonchev–Trinajstić information content (AvgIpc) is 3.25. The van der Waals surface area contributed by atoms with Crippen LogP contribution in [0.4, 0.5) is 27.9 Å². The number of nitrogens with zero attached hydrogens (tertiary/aromatic N) is 6. The Morgan fingerprint density at radius 3 is 2.56 bits per heavy atom. The summed E-state index contributed by atoms with van der Waals surface area (Å²) in [5, 5.41) is 6.68. The Kier molecular flexibility index (Phi) is 5.21. The molecule has 3 aromatic rings. The van der Waals surface area contributed by atoms with Crippen LogP contribution in [0.5, 0.6) is 0 Å². The van der Waals surface area contributed by atoms with Gasteiger partial charge in [-0.3, -0.25) is 4.90 Å². The number of pyridine rings is 1. The van der Waals surface area contributed by atoms with E-state index in [-0.39, 0.29) is 6.03 Å². The van der Waals surface area contributed by atoms with Gasteiger partial charge in [-0.15, -0.1) is 6.42 Å². The van der Waals surface area contributed by atoms with Crippen molar-refractivity contribution in [3.05, 3.63) is 42.1 Å². The van der Waals surface area contributed by atoms with E-state index in [0.717, 1.165) is 31.9 Å². The smallest absolute Gasteiger partial charge is 0.323 e. The van der Waals surface area contributed by atoms with Gasteiger partial charge in [0, 0.05) is 62.4 Å². The molecule has 0 saturated carbocycles. The maximum absolute atomic E-state index is 12.0. The molecule has 4 heterocycles. The van der Waals surface area contributed by atoms with E-state index in [0.29, 0.717) is 41.5 Å². The summed E-state index contributed by atoms with van der Waals surface area (Å²) in [7, 11) is 2.15. The molecule has 32 heavy (non-hydrogen) atoms. The number of aromatic nitrogens is 3. The van der Waals surface area contributed by atoms with E-state index >= 15 is 0 Å². The predicted octanol–water partition coefficient (Wildman–Crippen LogP) is 2.03. The highest BCUT2D eigenvalue weighted by Crippen LogP contribution is 2.25. The van der Waals surface area contributed by atoms with Crippen LogP contribution >= 0.6 is 0 Å². The van der Waals surface area contributed by atoms with Gasteiger partial charge in [0.25, 0.3) is 0 Å². The molecule has 2 aliphatic rings. The Bertz CT molecular complexity index is 1200. The van der Waals surface area contributed by atoms with Crippen molar-refractivity contribution in [3.63, 3.8) is 0 Å². The Morgan fingerprint density at radius 2 is 1.88 bits per heavy atom. The topological polar surface area (TPSA) is 89.5 Å². The predicted molar refractivity (Wildman–Crippen MR) is 125 cm³/mol. The van der Waals surface area contributed by atoms with Crippen LogP contribution in [-0.4, -0.2) is 72.2 Å². The molecule has 0 radical (unpaired) electrons. The molecule has 2 aromatic heterocycles. The van der Waals surface area contributed by atoms with Crippen molar-refractivity contribution >= 4 is 40.2 Å². The third kappa shape index (κ3) is 3.88. The van der Waals surface area contributed by atoms with Crippen molar-refractivity contribution in [1.82, 2.24) is 25.2 Å². The zero-order valence-electron chi connectivity index (χ0n) is 17.9. The number of amides is 2. The number of piperazine rings is 1. The average molecular weight is 429 g/mol. The molecule has 1 aromatic carbocycles. The Morgan fingerprint density at radius 1 is 1.09 bits per heavy atom. The van der Waals surface area contributed by atoms with E-state index in [2.05, 4.69) is 60.5 Å². The zero-order valence-corrected chi connectivity index (χ0v) is 17.9. The van der Waals surface area contributed by atoms with Gasteiger partial charge in [0.05, 0.1) is 5.39 Å². The lowest BCUT2D eigenvalue weighted by Gasteiger charge is -2.34. The van der Waals surface area contributed by atoms with E-state index in [1.54, 1.807) is 17.2 Å². The molecule has 0 aliphatic carbocycles. The molecule has 0 spiro atoms. The third-order valence-electron chi connectivity index (χ3n) is 5.83. The summed E-state index contributed by atoms with van der Waals surface area (Å²) in [5.74, 6) is 3.56. The molecule has 2 fully saturated rings. The molecule has 5 rings (SSSR count). The van der Waals surface area contributed by atoms with Gasteiger partial charge in [0.1, 0.15) is 5.82 Å². The largest absolute Gasteiger partial charge is 0.369 e. The van der Waals surface area contributed by atoms with E-state index in [9.17, 15) is 4.79 Å². The molecule has 0 bridgehead atoms. The molecule has 0 atom stereocenters. The van der Waals surface area contributed by atoms with E-state index < -0.39 is 0 Å². The van der Waals surface area contributed by atoms with Gasteiger partial charge in [0.15, 0.2) is 5.65 Å². The van der Waals surface area contributed by atoms with Crippen LogP contribution < -0.4 is 20.4 Å². The number of nitrogens with one attached hydrogen (secondary N) is 2. The number of likely N-dealkylation sites (N-methyl/N-ethyl adjacent to an activating group) is 1. The number of urea groups is 1. The molecule has 2 saturated heterocycles. The van der Waals surface area contributed by atoms with Crippen molar-refractivity contribution in [2.75, 3.05) is 61.4 Å². The van der Waals surface area contributed by atoms with Crippen LogP contribution in [0.2, 0.25) is 0 Å². The summed E-state index contributed by atoms with van der Waals surface area (Å²) in [5.41, 5.74) is 3.14. The standard InChI is InChI=1S/C23H24N8O/c1-3-16-14-20(31-9-8-24-23(31)32)27-21-19(16)15-25-22(28-21)26-17-4-6-18(7-5-17)30-12-10-29(2)11-13-30/h1,4-7,14-15H,8-13H2,2H3,(H,24,32)(H,25,26,27,28). The summed E-state index contributed by atoms with van der Waals surface area (Å²) in [6.07, 6.45) is 7.35. The van der Waals surface area contributed by atoms with Crippen molar-refractivity contribution in [3.8, 4) is 12.3 Å². The number of fused-ring (bicyclic) bond motifs is 1. The molecular weight excluding hydrogens is 404 g/mol. The first-order chi connectivity index (χ1) is 15.6. The van der Waals surface area contributed by atoms with Crippen LogP contribution in [0.15, 0.2) is 36.5 Å². The van der Waals surface area contributed by atoms with E-state index in [1.807, 2.05) is 12.1 Å². The maximum atomic E-state index is 12.0. The van der Waals surface area contributed by atoms with Gasteiger partial charge in [-0.25, -0.2) is 14.8 Å². The van der Waals surface area contributed by atoms with Crippen molar-refractivity contribution in [1.29, 1.82) is 0 Å². The van der Waals surface area contributed by atoms with Gasteiger partial charge >= 0.3 is 6.03 Å². The van der Waals surface area contributed by atoms with Crippen molar-refractivity contribution in [2.45, 2.75) is 0 Å². The summed E-state index contributed by atoms with van der Waals surface area (Å²) >= 11 is 0. The monoisotopic (exact) mass is 428 g/mol. The Balaban J connectivity index is 1.38. The summed E-state index contributed by atoms with van der Waals surface area (Å²) in [6, 6.07) is 9.79. The lowest BCUT2D eigenvalue weighted by molar-refractivity contribution is 0.252. The lowest BCUT2D eigenvalue weighted by Crippen LogP contribution is -2.44. The minimum Gasteiger partial charge on any atom is -0.369 e. The molecule has 2 amide bonds. The number of hydrogen-bond acceptors (Lipinski definition) is 7. The Labute approximate surface area is 186 Å². The number of hydrogen-bond donors (Lipinski definition) is 2. The maximum Gasteiger partial charge on any atom is 0.323 e. The van der Waals surface area contributed by atoms with E-state index in [4.69, 9.17) is 6.42 Å². The first-order valence-corrected chi connectivity index (χ1v) is 10.6. The SMILES string of the molecule is C#Cc1cc(N2CCNC2=O)nc2nc(Nc3ccc(N4CCN(C)CC4)cc3)ncc12. The van der Waals surface area contributed by atoms with E-state index in [1.165, 1.54) is 5.69 Å². The first-order valence-electron chi connectivity index (χ1n) is 10.6. The van der Waals surface area contributed by atoms with Crippen LogP contribution in [0.1, 0.15) is 5.56 Å². The van der Waals surface area contributed by atoms with Crippen LogP contribution in [0, 0.1) is 12.3 Å². The number of rotatable bonds is 4. The van der Waals surface area contributed by atoms with Gasteiger partial charge in [-0.1, -0.05) is 5.92 Å². The molecule has 9 nitrogen and oxygen atoms in total. The van der Waals surface area contributed by atoms with Crippen LogP contribution in [0.3, 0.4) is 0 Å². The van der Waals surface area contributed by atoms with Crippen LogP contribution in [-0.2, 0) is 0 Å². The lowest BCUT2D eigenvalue weighted by atomic mass is 10.2. The number of carbonyl (C=O) groups is 1. The number of carbonyl (C=O) groups excluding carboxylic acids is 1. The molecule has 9 heteroatoms. The minimum absolute atomic E-state index is 0.187. The highest BCUT2D eigenvalue weighted by molar-refractivity contribution is 5.95. The second-order valence-corrected chi connectivity index (χ2v) is 7.95. The molecule has 162 valence electrons. The summed E-state index contributed by atoms with van der Waals surface area (Å²) < 4.78 is 0. The number of anilines is 4. The second-order valence-electron chi connectivity index (χ2n) is 7.95. The summed E-state index contributed by atoms with van der Waals surface area (Å²) in [6.45, 7) is 5.30. The second kappa shape index (κ2) is 8.32. The normalized spacial score (nSPS) is 16.8. The Hall–Kier alpha value is -3.90. The first kappa shape index (κ1) is 20.0. The van der Waals surface area contributed by atoms with Gasteiger partial charge < -0.3 is 20.4 Å². The summed E-state index contributed by atoms with van der Waals surface area (Å²) in [4.78, 5) is 31.9. The minimum atomic E-state index is -0.187. The van der Waals surface area contributed by atoms with Gasteiger partial charge in [-0.2, -0.15) is 4.98 Å². The molecular formula is C23H24N8O.